The van der Waals surface area contributed by atoms with Crippen molar-refractivity contribution in [3.05, 3.63) is 94.4 Å². The number of ether oxygens (including phenoxy) is 2. The van der Waals surface area contributed by atoms with Crippen LogP contribution in [0.3, 0.4) is 0 Å². The molecule has 0 aliphatic carbocycles. The van der Waals surface area contributed by atoms with Gasteiger partial charge >= 0.3 is 0 Å². The Bertz CT molecular complexity index is 1570. The molecule has 0 saturated carbocycles. The number of aromatic nitrogens is 3. The summed E-state index contributed by atoms with van der Waals surface area (Å²) < 4.78 is 12.0. The zero-order chi connectivity index (χ0) is 23.7. The zero-order valence-corrected chi connectivity index (χ0v) is 18.7. The highest BCUT2D eigenvalue weighted by Gasteiger charge is 2.15. The molecule has 0 bridgehead atoms. The molecular formula is C26H22N4O4. The van der Waals surface area contributed by atoms with Crippen molar-refractivity contribution >= 4 is 27.7 Å². The van der Waals surface area contributed by atoms with Crippen LogP contribution < -0.4 is 20.3 Å². The average Bonchev–Trinajstić information content (AvgIpc) is 3.23. The fourth-order valence-electron chi connectivity index (χ4n) is 3.94. The van der Waals surface area contributed by atoms with Gasteiger partial charge in [0.1, 0.15) is 11.5 Å². The molecule has 170 valence electrons. The molecule has 0 fully saturated rings. The fraction of sp³-hybridized carbons (Fsp3) is 0.115. The minimum absolute atomic E-state index is 0.222. The fourth-order valence-corrected chi connectivity index (χ4v) is 3.94. The summed E-state index contributed by atoms with van der Waals surface area (Å²) in [5.41, 5.74) is 3.09. The number of H-pyrrole nitrogens is 1. The van der Waals surface area contributed by atoms with Crippen molar-refractivity contribution in [1.82, 2.24) is 20.1 Å². The van der Waals surface area contributed by atoms with E-state index in [-0.39, 0.29) is 11.5 Å². The van der Waals surface area contributed by atoms with E-state index in [1.165, 1.54) is 4.68 Å². The van der Waals surface area contributed by atoms with Crippen molar-refractivity contribution in [2.24, 2.45) is 0 Å². The molecule has 8 heteroatoms. The van der Waals surface area contributed by atoms with E-state index in [2.05, 4.69) is 15.4 Å². The number of benzene rings is 3. The van der Waals surface area contributed by atoms with Gasteiger partial charge in [-0.25, -0.2) is 4.68 Å². The summed E-state index contributed by atoms with van der Waals surface area (Å²) in [6.45, 7) is 0.327. The second-order valence-corrected chi connectivity index (χ2v) is 7.72. The number of pyridine rings is 1. The zero-order valence-electron chi connectivity index (χ0n) is 18.7. The second-order valence-electron chi connectivity index (χ2n) is 7.72. The van der Waals surface area contributed by atoms with Crippen LogP contribution in [0.1, 0.15) is 15.9 Å². The second kappa shape index (κ2) is 8.74. The van der Waals surface area contributed by atoms with E-state index in [1.54, 1.807) is 62.9 Å². The van der Waals surface area contributed by atoms with E-state index >= 15 is 0 Å². The molecule has 1 amide bonds. The summed E-state index contributed by atoms with van der Waals surface area (Å²) in [5, 5.41) is 7.23. The number of methoxy groups -OCH3 is 2. The average molecular weight is 454 g/mol. The van der Waals surface area contributed by atoms with Gasteiger partial charge in [0, 0.05) is 29.3 Å². The lowest BCUT2D eigenvalue weighted by atomic mass is 10.1. The Hall–Kier alpha value is -4.59. The predicted molar refractivity (Wildman–Crippen MR) is 130 cm³/mol. The van der Waals surface area contributed by atoms with Crippen LogP contribution in [0.15, 0.2) is 77.7 Å². The van der Waals surface area contributed by atoms with Gasteiger partial charge in [-0.2, -0.15) is 0 Å². The van der Waals surface area contributed by atoms with Gasteiger partial charge in [0.25, 0.3) is 11.5 Å². The first-order valence-electron chi connectivity index (χ1n) is 10.7. The van der Waals surface area contributed by atoms with Gasteiger partial charge in [0.05, 0.1) is 36.3 Å². The molecule has 2 aromatic heterocycles. The molecular weight excluding hydrogens is 432 g/mol. The topological polar surface area (TPSA) is 98.2 Å². The molecule has 5 rings (SSSR count). The van der Waals surface area contributed by atoms with Gasteiger partial charge in [-0.15, -0.1) is 0 Å². The highest BCUT2D eigenvalue weighted by atomic mass is 16.5. The molecule has 34 heavy (non-hydrogen) atoms. The van der Waals surface area contributed by atoms with Gasteiger partial charge in [0.2, 0.25) is 0 Å². The maximum absolute atomic E-state index is 13.0. The number of carbonyl (C=O) groups excluding carboxylic acids is 1. The molecule has 5 aromatic rings. The molecule has 0 radical (unpaired) electrons. The molecule has 0 saturated heterocycles. The maximum atomic E-state index is 13.0. The largest absolute Gasteiger partial charge is 0.497 e. The number of amides is 1. The summed E-state index contributed by atoms with van der Waals surface area (Å²) in [6.07, 6.45) is 1.55. The third-order valence-corrected chi connectivity index (χ3v) is 5.75. The van der Waals surface area contributed by atoms with Crippen LogP contribution in [-0.4, -0.2) is 34.9 Å². The van der Waals surface area contributed by atoms with Crippen LogP contribution in [0.5, 0.6) is 11.5 Å². The van der Waals surface area contributed by atoms with Gasteiger partial charge in [-0.05, 0) is 48.5 Å². The number of para-hydroxylation sites is 1. The third-order valence-electron chi connectivity index (χ3n) is 5.75. The molecule has 2 heterocycles. The normalized spacial score (nSPS) is 11.0. The molecule has 0 atom stereocenters. The first-order valence-corrected chi connectivity index (χ1v) is 10.7. The lowest BCUT2D eigenvalue weighted by molar-refractivity contribution is 0.0951. The number of carbonyl (C=O) groups is 1. The van der Waals surface area contributed by atoms with E-state index in [4.69, 9.17) is 9.47 Å². The van der Waals surface area contributed by atoms with Crippen molar-refractivity contribution < 1.29 is 14.3 Å². The molecule has 8 nitrogen and oxygen atoms in total. The Morgan fingerprint density at radius 2 is 1.79 bits per heavy atom. The van der Waals surface area contributed by atoms with Crippen molar-refractivity contribution in [3.8, 4) is 17.2 Å². The summed E-state index contributed by atoms with van der Waals surface area (Å²) in [4.78, 5) is 30.3. The smallest absolute Gasteiger partial charge is 0.280 e. The van der Waals surface area contributed by atoms with E-state index < -0.39 is 0 Å². The number of nitrogens with zero attached hydrogens (tertiary/aromatic N) is 2. The van der Waals surface area contributed by atoms with Crippen LogP contribution in [0, 0.1) is 0 Å². The Morgan fingerprint density at radius 3 is 2.56 bits per heavy atom. The summed E-state index contributed by atoms with van der Waals surface area (Å²) >= 11 is 0. The lowest BCUT2D eigenvalue weighted by Gasteiger charge is -2.10. The lowest BCUT2D eigenvalue weighted by Crippen LogP contribution is -2.23. The highest BCUT2D eigenvalue weighted by molar-refractivity contribution is 6.06. The van der Waals surface area contributed by atoms with Crippen molar-refractivity contribution in [1.29, 1.82) is 0 Å². The molecule has 3 aromatic carbocycles. The molecule has 0 aliphatic heterocycles. The van der Waals surface area contributed by atoms with Crippen LogP contribution >= 0.6 is 0 Å². The van der Waals surface area contributed by atoms with Crippen LogP contribution in [-0.2, 0) is 6.54 Å². The van der Waals surface area contributed by atoms with Crippen molar-refractivity contribution in [2.75, 3.05) is 14.2 Å². The first kappa shape index (κ1) is 21.3. The van der Waals surface area contributed by atoms with Crippen LogP contribution in [0.2, 0.25) is 0 Å². The van der Waals surface area contributed by atoms with Crippen molar-refractivity contribution in [3.63, 3.8) is 0 Å². The van der Waals surface area contributed by atoms with Gasteiger partial charge < -0.3 is 14.8 Å². The predicted octanol–water partition coefficient (Wildman–Crippen LogP) is 3.81. The number of rotatable bonds is 6. The number of aromatic amines is 1. The standard InChI is InChI=1S/C26H22N4O4/c1-33-19-10-8-18(9-11-19)30-26(32)21-15-27-22-12-7-16(13-20(22)24(21)29-30)25(31)28-14-17-5-3-4-6-23(17)34-2/h3-13,15,29H,14H2,1-2H3,(H,28,31). The number of nitrogens with one attached hydrogen (secondary N) is 2. The third kappa shape index (κ3) is 3.75. The summed E-state index contributed by atoms with van der Waals surface area (Å²) in [7, 11) is 3.19. The monoisotopic (exact) mass is 454 g/mol. The Morgan fingerprint density at radius 1 is 1.00 bits per heavy atom. The quantitative estimate of drug-likeness (QED) is 0.407. The molecule has 0 spiro atoms. The molecule has 2 N–H and O–H groups in total. The van der Waals surface area contributed by atoms with Gasteiger partial charge in [0.15, 0.2) is 0 Å². The molecule has 0 aliphatic rings. The summed E-state index contributed by atoms with van der Waals surface area (Å²) in [6, 6.07) is 19.9. The van der Waals surface area contributed by atoms with Crippen LogP contribution in [0.25, 0.3) is 27.5 Å². The Labute approximate surface area is 194 Å². The maximum Gasteiger partial charge on any atom is 0.280 e. The Balaban J connectivity index is 1.50. The first-order chi connectivity index (χ1) is 16.6. The highest BCUT2D eigenvalue weighted by Crippen LogP contribution is 2.23. The van der Waals surface area contributed by atoms with Gasteiger partial charge in [-0.3, -0.25) is 19.7 Å². The van der Waals surface area contributed by atoms with Crippen LogP contribution in [0.4, 0.5) is 0 Å². The number of fused-ring (bicyclic) bond motifs is 3. The SMILES string of the molecule is COc1ccc(-n2[nH]c3c(cnc4ccc(C(=O)NCc5ccccc5OC)cc43)c2=O)cc1. The number of hydrogen-bond acceptors (Lipinski definition) is 5. The Kier molecular flexibility index (Phi) is 5.47. The van der Waals surface area contributed by atoms with Crippen molar-refractivity contribution in [2.45, 2.75) is 6.54 Å². The summed E-state index contributed by atoms with van der Waals surface area (Å²) in [5.74, 6) is 1.18. The molecule has 0 unspecified atom stereocenters. The minimum atomic E-state index is -0.234. The number of hydrogen-bond donors (Lipinski definition) is 2. The minimum Gasteiger partial charge on any atom is -0.497 e. The van der Waals surface area contributed by atoms with Gasteiger partial charge in [-0.1, -0.05) is 18.2 Å². The van der Waals surface area contributed by atoms with E-state index in [1.807, 2.05) is 24.3 Å². The van der Waals surface area contributed by atoms with E-state index in [0.29, 0.717) is 51.1 Å². The van der Waals surface area contributed by atoms with E-state index in [0.717, 1.165) is 5.56 Å². The van der Waals surface area contributed by atoms with E-state index in [9.17, 15) is 9.59 Å².